The zero-order chi connectivity index (χ0) is 31.8. The average Bonchev–Trinajstić information content (AvgIpc) is 3.01. The van der Waals surface area contributed by atoms with E-state index < -0.39 is 36.9 Å². The fourth-order valence-electron chi connectivity index (χ4n) is 5.21. The smallest absolute Gasteiger partial charge is 0.249 e. The van der Waals surface area contributed by atoms with Crippen LogP contribution in [0.4, 0.5) is 0 Å². The molecule has 4 unspecified atom stereocenters. The maximum absolute atomic E-state index is 12.4. The van der Waals surface area contributed by atoms with E-state index in [9.17, 15) is 25.2 Å². The van der Waals surface area contributed by atoms with Crippen LogP contribution >= 0.6 is 0 Å². The van der Waals surface area contributed by atoms with Gasteiger partial charge in [-0.15, -0.1) is 0 Å². The van der Waals surface area contributed by atoms with Crippen LogP contribution in [-0.2, 0) is 4.79 Å². The first-order chi connectivity index (χ1) is 21.0. The van der Waals surface area contributed by atoms with E-state index in [-0.39, 0.29) is 0 Å². The van der Waals surface area contributed by atoms with Crippen molar-refractivity contribution in [1.82, 2.24) is 5.32 Å². The number of aliphatic hydroxyl groups is 4. The lowest BCUT2D eigenvalue weighted by Gasteiger charge is -2.27. The Balaban J connectivity index is 3.91. The van der Waals surface area contributed by atoms with Crippen LogP contribution in [0.2, 0.25) is 0 Å². The lowest BCUT2D eigenvalue weighted by atomic mass is 10.00. The molecular formula is C37H69NO5. The number of amides is 1. The van der Waals surface area contributed by atoms with Crippen molar-refractivity contribution in [3.05, 3.63) is 36.5 Å². The van der Waals surface area contributed by atoms with Gasteiger partial charge >= 0.3 is 0 Å². The molecular weight excluding hydrogens is 538 g/mol. The van der Waals surface area contributed by atoms with E-state index in [0.717, 1.165) is 57.8 Å². The third-order valence-corrected chi connectivity index (χ3v) is 8.07. The van der Waals surface area contributed by atoms with Crippen molar-refractivity contribution in [2.24, 2.45) is 0 Å². The van der Waals surface area contributed by atoms with E-state index >= 15 is 0 Å². The summed E-state index contributed by atoms with van der Waals surface area (Å²) in [6.07, 6.45) is 34.5. The molecule has 0 fully saturated rings. The van der Waals surface area contributed by atoms with Gasteiger partial charge in [-0.05, 0) is 57.8 Å². The Morgan fingerprint density at radius 2 is 1.02 bits per heavy atom. The molecule has 0 radical (unpaired) electrons. The van der Waals surface area contributed by atoms with Gasteiger partial charge < -0.3 is 25.7 Å². The molecule has 0 aromatic carbocycles. The Hall–Kier alpha value is -1.47. The monoisotopic (exact) mass is 608 g/mol. The topological polar surface area (TPSA) is 110 Å². The summed E-state index contributed by atoms with van der Waals surface area (Å²) in [5.41, 5.74) is 0. The maximum Gasteiger partial charge on any atom is 0.249 e. The summed E-state index contributed by atoms with van der Waals surface area (Å²) in [6.45, 7) is 3.89. The number of allylic oxidation sites excluding steroid dienone is 6. The number of hydrogen-bond acceptors (Lipinski definition) is 5. The fraction of sp³-hybridized carbons (Fsp3) is 0.811. The minimum Gasteiger partial charge on any atom is -0.394 e. The zero-order valence-corrected chi connectivity index (χ0v) is 27.9. The first-order valence-electron chi connectivity index (χ1n) is 17.9. The first kappa shape index (κ1) is 41.5. The molecule has 252 valence electrons. The van der Waals surface area contributed by atoms with Gasteiger partial charge in [-0.25, -0.2) is 0 Å². The van der Waals surface area contributed by atoms with Gasteiger partial charge in [-0.3, -0.25) is 4.79 Å². The van der Waals surface area contributed by atoms with Crippen LogP contribution in [0, 0.1) is 0 Å². The Morgan fingerprint density at radius 3 is 1.49 bits per heavy atom. The third-order valence-electron chi connectivity index (χ3n) is 8.07. The minimum atomic E-state index is -1.29. The summed E-state index contributed by atoms with van der Waals surface area (Å²) in [6, 6.07) is -1.01. The molecule has 0 heterocycles. The van der Waals surface area contributed by atoms with Gasteiger partial charge in [-0.2, -0.15) is 0 Å². The van der Waals surface area contributed by atoms with Gasteiger partial charge in [0.25, 0.3) is 0 Å². The van der Waals surface area contributed by atoms with Crippen LogP contribution in [0.1, 0.15) is 162 Å². The Labute approximate surface area is 265 Å². The second-order valence-electron chi connectivity index (χ2n) is 12.2. The predicted molar refractivity (Wildman–Crippen MR) is 182 cm³/mol. The summed E-state index contributed by atoms with van der Waals surface area (Å²) in [5.74, 6) is -0.602. The number of hydrogen-bond donors (Lipinski definition) is 5. The van der Waals surface area contributed by atoms with Crippen molar-refractivity contribution in [1.29, 1.82) is 0 Å². The molecule has 0 spiro atoms. The molecule has 1 amide bonds. The lowest BCUT2D eigenvalue weighted by molar-refractivity contribution is -0.132. The normalized spacial score (nSPS) is 15.0. The molecule has 0 rings (SSSR count). The largest absolute Gasteiger partial charge is 0.394 e. The highest BCUT2D eigenvalue weighted by molar-refractivity contribution is 5.80. The standard InChI is InChI=1S/C37H69NO5/c1-3-5-7-9-11-13-15-17-19-21-23-25-27-29-31-35(41)37(43)38-33(32-39)36(42)34(40)30-28-26-24-22-20-18-16-14-12-10-8-6-4-2/h6,8,14,16,22,24,33-36,39-42H,3-5,7,9-13,15,17-21,23,25-32H2,1-2H3,(H,38,43)/b8-6+,16-14+,24-22+. The molecule has 0 bridgehead atoms. The van der Waals surface area contributed by atoms with Crippen LogP contribution in [0.15, 0.2) is 36.5 Å². The first-order valence-corrected chi connectivity index (χ1v) is 17.9. The Kier molecular flexibility index (Phi) is 30.8. The van der Waals surface area contributed by atoms with E-state index in [2.05, 4.69) is 55.6 Å². The molecule has 43 heavy (non-hydrogen) atoms. The molecule has 6 nitrogen and oxygen atoms in total. The molecule has 4 atom stereocenters. The van der Waals surface area contributed by atoms with E-state index in [1.54, 1.807) is 0 Å². The zero-order valence-electron chi connectivity index (χ0n) is 27.9. The van der Waals surface area contributed by atoms with E-state index in [0.29, 0.717) is 19.3 Å². The highest BCUT2D eigenvalue weighted by Gasteiger charge is 2.28. The molecule has 0 saturated heterocycles. The molecule has 0 aliphatic rings. The molecule has 0 aromatic rings. The molecule has 0 saturated carbocycles. The lowest BCUT2D eigenvalue weighted by Crippen LogP contribution is -2.53. The van der Waals surface area contributed by atoms with Gasteiger partial charge in [0.05, 0.1) is 18.8 Å². The number of nitrogens with one attached hydrogen (secondary N) is 1. The van der Waals surface area contributed by atoms with Gasteiger partial charge in [0.15, 0.2) is 0 Å². The Bertz CT molecular complexity index is 692. The number of carbonyl (C=O) groups excluding carboxylic acids is 1. The SMILES string of the molecule is CC/C=C/CC/C=C/CC/C=C/CCCC(O)C(O)C(CO)NC(=O)C(O)CCCCCCCCCCCCCCCC. The van der Waals surface area contributed by atoms with E-state index in [1.807, 2.05) is 0 Å². The van der Waals surface area contributed by atoms with Crippen molar-refractivity contribution in [3.63, 3.8) is 0 Å². The van der Waals surface area contributed by atoms with Crippen LogP contribution in [0.25, 0.3) is 0 Å². The van der Waals surface area contributed by atoms with Crippen LogP contribution in [0.3, 0.4) is 0 Å². The second kappa shape index (κ2) is 31.9. The minimum absolute atomic E-state index is 0.360. The summed E-state index contributed by atoms with van der Waals surface area (Å²) >= 11 is 0. The van der Waals surface area contributed by atoms with Crippen molar-refractivity contribution in [2.45, 2.75) is 186 Å². The number of carbonyl (C=O) groups is 1. The third kappa shape index (κ3) is 26.6. The van der Waals surface area contributed by atoms with Crippen LogP contribution in [-0.4, -0.2) is 57.3 Å². The summed E-state index contributed by atoms with van der Waals surface area (Å²) < 4.78 is 0. The summed E-state index contributed by atoms with van der Waals surface area (Å²) in [7, 11) is 0. The van der Waals surface area contributed by atoms with Crippen LogP contribution in [0.5, 0.6) is 0 Å². The quantitative estimate of drug-likeness (QED) is 0.0403. The fourth-order valence-corrected chi connectivity index (χ4v) is 5.21. The molecule has 0 aromatic heterocycles. The highest BCUT2D eigenvalue weighted by Crippen LogP contribution is 2.14. The maximum atomic E-state index is 12.4. The Morgan fingerprint density at radius 1 is 0.581 bits per heavy atom. The summed E-state index contributed by atoms with van der Waals surface area (Å²) in [5, 5.41) is 43.3. The van der Waals surface area contributed by atoms with Crippen molar-refractivity contribution in [2.75, 3.05) is 6.61 Å². The summed E-state index contributed by atoms with van der Waals surface area (Å²) in [4.78, 5) is 12.4. The van der Waals surface area contributed by atoms with E-state index in [1.165, 1.54) is 70.6 Å². The number of aliphatic hydroxyl groups excluding tert-OH is 4. The molecule has 6 heteroatoms. The molecule has 0 aliphatic heterocycles. The van der Waals surface area contributed by atoms with Gasteiger partial charge in [0.2, 0.25) is 5.91 Å². The molecule has 0 aliphatic carbocycles. The second-order valence-corrected chi connectivity index (χ2v) is 12.2. The van der Waals surface area contributed by atoms with Gasteiger partial charge in [-0.1, -0.05) is 140 Å². The van der Waals surface area contributed by atoms with Gasteiger partial charge in [0.1, 0.15) is 12.2 Å². The average molecular weight is 608 g/mol. The van der Waals surface area contributed by atoms with Crippen LogP contribution < -0.4 is 5.32 Å². The number of rotatable bonds is 31. The molecule has 5 N–H and O–H groups in total. The van der Waals surface area contributed by atoms with Crippen molar-refractivity contribution >= 4 is 5.91 Å². The van der Waals surface area contributed by atoms with Crippen molar-refractivity contribution < 1.29 is 25.2 Å². The highest BCUT2D eigenvalue weighted by atomic mass is 16.3. The van der Waals surface area contributed by atoms with Crippen molar-refractivity contribution in [3.8, 4) is 0 Å². The predicted octanol–water partition coefficient (Wildman–Crippen LogP) is 8.23. The van der Waals surface area contributed by atoms with E-state index in [4.69, 9.17) is 0 Å². The van der Waals surface area contributed by atoms with Gasteiger partial charge in [0, 0.05) is 0 Å². The number of unbranched alkanes of at least 4 members (excludes halogenated alkanes) is 16.